The predicted octanol–water partition coefficient (Wildman–Crippen LogP) is 3.85. The minimum absolute atomic E-state index is 0.0644. The Hall–Kier alpha value is -2.59. The Balaban J connectivity index is 1.58. The second kappa shape index (κ2) is 6.73. The van der Waals surface area contributed by atoms with Crippen LogP contribution in [0.1, 0.15) is 11.1 Å². The lowest BCUT2D eigenvalue weighted by atomic mass is 10.0. The molecular weight excluding hydrogens is 336 g/mol. The Bertz CT molecular complexity index is 937. The Labute approximate surface area is 151 Å². The lowest BCUT2D eigenvalue weighted by Gasteiger charge is -2.20. The summed E-state index contributed by atoms with van der Waals surface area (Å²) < 4.78 is 5.74. The molecule has 0 saturated heterocycles. The molecule has 0 spiro atoms. The second-order valence-electron chi connectivity index (χ2n) is 6.11. The van der Waals surface area contributed by atoms with E-state index < -0.39 is 0 Å². The Morgan fingerprint density at radius 1 is 1.20 bits per heavy atom. The maximum absolute atomic E-state index is 12.9. The summed E-state index contributed by atoms with van der Waals surface area (Å²) in [4.78, 5) is 19.0. The third-order valence-corrected chi connectivity index (χ3v) is 4.68. The molecule has 2 aromatic carbocycles. The summed E-state index contributed by atoms with van der Waals surface area (Å²) in [6.45, 7) is 1.55. The third kappa shape index (κ3) is 3.30. The fourth-order valence-corrected chi connectivity index (χ4v) is 3.37. The van der Waals surface area contributed by atoms with Crippen LogP contribution < -0.4 is 4.74 Å². The van der Waals surface area contributed by atoms with Crippen molar-refractivity contribution in [3.05, 3.63) is 71.0 Å². The molecule has 0 unspecified atom stereocenters. The number of carbonyl (C=O) groups is 1. The van der Waals surface area contributed by atoms with Crippen LogP contribution in [-0.4, -0.2) is 28.9 Å². The number of pyridine rings is 1. The van der Waals surface area contributed by atoms with Gasteiger partial charge in [-0.1, -0.05) is 35.9 Å². The minimum atomic E-state index is 0.0644. The highest BCUT2D eigenvalue weighted by Crippen LogP contribution is 2.27. The standard InChI is InChI=1S/C20H17ClN2O2/c21-17-5-6-19-16(9-17)13-23(7-8-25-19)20(24)10-15-12-22-11-14-3-1-2-4-18(14)15/h1-6,9,11-12H,7-8,10,13H2. The van der Waals surface area contributed by atoms with Crippen LogP contribution in [0.2, 0.25) is 5.02 Å². The third-order valence-electron chi connectivity index (χ3n) is 4.45. The van der Waals surface area contributed by atoms with E-state index >= 15 is 0 Å². The molecule has 25 heavy (non-hydrogen) atoms. The first-order valence-electron chi connectivity index (χ1n) is 8.21. The number of amides is 1. The maximum Gasteiger partial charge on any atom is 0.227 e. The molecule has 2 heterocycles. The van der Waals surface area contributed by atoms with Crippen molar-refractivity contribution < 1.29 is 9.53 Å². The largest absolute Gasteiger partial charge is 0.491 e. The van der Waals surface area contributed by atoms with Gasteiger partial charge in [0.1, 0.15) is 12.4 Å². The SMILES string of the molecule is O=C(Cc1cncc2ccccc12)N1CCOc2ccc(Cl)cc2C1. The van der Waals surface area contributed by atoms with E-state index in [1.165, 1.54) is 0 Å². The summed E-state index contributed by atoms with van der Waals surface area (Å²) in [6.07, 6.45) is 3.92. The van der Waals surface area contributed by atoms with E-state index in [2.05, 4.69) is 4.98 Å². The smallest absolute Gasteiger partial charge is 0.227 e. The summed E-state index contributed by atoms with van der Waals surface area (Å²) in [5.74, 6) is 0.862. The van der Waals surface area contributed by atoms with Gasteiger partial charge in [0.2, 0.25) is 5.91 Å². The summed E-state index contributed by atoms with van der Waals surface area (Å²) in [5.41, 5.74) is 1.88. The molecule has 1 aromatic heterocycles. The molecule has 0 aliphatic carbocycles. The highest BCUT2D eigenvalue weighted by molar-refractivity contribution is 6.30. The number of benzene rings is 2. The van der Waals surface area contributed by atoms with Gasteiger partial charge >= 0.3 is 0 Å². The number of nitrogens with zero attached hydrogens (tertiary/aromatic N) is 2. The molecule has 126 valence electrons. The lowest BCUT2D eigenvalue weighted by Crippen LogP contribution is -2.33. The predicted molar refractivity (Wildman–Crippen MR) is 97.8 cm³/mol. The van der Waals surface area contributed by atoms with Crippen LogP contribution in [0.3, 0.4) is 0 Å². The molecule has 5 heteroatoms. The highest BCUT2D eigenvalue weighted by Gasteiger charge is 2.21. The topological polar surface area (TPSA) is 42.4 Å². The molecule has 1 amide bonds. The van der Waals surface area contributed by atoms with Gasteiger partial charge in [-0.05, 0) is 29.1 Å². The van der Waals surface area contributed by atoms with E-state index in [4.69, 9.17) is 16.3 Å². The molecule has 0 atom stereocenters. The van der Waals surface area contributed by atoms with Crippen LogP contribution in [0.5, 0.6) is 5.75 Å². The zero-order chi connectivity index (χ0) is 17.2. The number of hydrogen-bond donors (Lipinski definition) is 0. The van der Waals surface area contributed by atoms with Crippen molar-refractivity contribution in [1.29, 1.82) is 0 Å². The molecule has 4 nitrogen and oxygen atoms in total. The number of fused-ring (bicyclic) bond motifs is 2. The van der Waals surface area contributed by atoms with Crippen LogP contribution in [0, 0.1) is 0 Å². The van der Waals surface area contributed by atoms with Crippen molar-refractivity contribution in [2.75, 3.05) is 13.2 Å². The molecule has 0 N–H and O–H groups in total. The van der Waals surface area contributed by atoms with Crippen LogP contribution >= 0.6 is 11.6 Å². The molecule has 4 rings (SSSR count). The molecule has 3 aromatic rings. The van der Waals surface area contributed by atoms with Gasteiger partial charge in [0.15, 0.2) is 0 Å². The zero-order valence-corrected chi connectivity index (χ0v) is 14.4. The minimum Gasteiger partial charge on any atom is -0.491 e. The van der Waals surface area contributed by atoms with Gasteiger partial charge in [0.25, 0.3) is 0 Å². The van der Waals surface area contributed by atoms with Gasteiger partial charge in [-0.3, -0.25) is 9.78 Å². The van der Waals surface area contributed by atoms with E-state index in [0.717, 1.165) is 27.6 Å². The van der Waals surface area contributed by atoms with E-state index in [0.29, 0.717) is 31.1 Å². The van der Waals surface area contributed by atoms with Crippen molar-refractivity contribution >= 4 is 28.3 Å². The molecule has 0 bridgehead atoms. The molecular formula is C20H17ClN2O2. The van der Waals surface area contributed by atoms with Gasteiger partial charge in [0, 0.05) is 34.9 Å². The van der Waals surface area contributed by atoms with Crippen LogP contribution in [-0.2, 0) is 17.8 Å². The van der Waals surface area contributed by atoms with Gasteiger partial charge in [0.05, 0.1) is 13.0 Å². The summed E-state index contributed by atoms with van der Waals surface area (Å²) in [7, 11) is 0. The summed E-state index contributed by atoms with van der Waals surface area (Å²) in [5, 5.41) is 2.76. The van der Waals surface area contributed by atoms with Crippen molar-refractivity contribution in [3.8, 4) is 5.75 Å². The van der Waals surface area contributed by atoms with Crippen LogP contribution in [0.25, 0.3) is 10.8 Å². The van der Waals surface area contributed by atoms with Gasteiger partial charge in [-0.25, -0.2) is 0 Å². The number of carbonyl (C=O) groups excluding carboxylic acids is 1. The average Bonchev–Trinajstić information content (AvgIpc) is 2.84. The van der Waals surface area contributed by atoms with Gasteiger partial charge in [-0.2, -0.15) is 0 Å². The summed E-state index contributed by atoms with van der Waals surface area (Å²) in [6, 6.07) is 13.5. The number of hydrogen-bond acceptors (Lipinski definition) is 3. The first-order chi connectivity index (χ1) is 12.2. The number of rotatable bonds is 2. The van der Waals surface area contributed by atoms with E-state index in [1.807, 2.05) is 47.5 Å². The molecule has 0 radical (unpaired) electrons. The highest BCUT2D eigenvalue weighted by atomic mass is 35.5. The second-order valence-corrected chi connectivity index (χ2v) is 6.55. The van der Waals surface area contributed by atoms with Gasteiger partial charge in [-0.15, -0.1) is 0 Å². The van der Waals surface area contributed by atoms with Gasteiger partial charge < -0.3 is 9.64 Å². The first-order valence-corrected chi connectivity index (χ1v) is 8.59. The summed E-state index contributed by atoms with van der Waals surface area (Å²) >= 11 is 6.09. The maximum atomic E-state index is 12.9. The van der Waals surface area contributed by atoms with Crippen molar-refractivity contribution in [2.45, 2.75) is 13.0 Å². The van der Waals surface area contributed by atoms with Crippen LogP contribution in [0.4, 0.5) is 0 Å². The number of halogens is 1. The fourth-order valence-electron chi connectivity index (χ4n) is 3.17. The zero-order valence-electron chi connectivity index (χ0n) is 13.6. The molecule has 1 aliphatic rings. The fraction of sp³-hybridized carbons (Fsp3) is 0.200. The quantitative estimate of drug-likeness (QED) is 0.703. The average molecular weight is 353 g/mol. The van der Waals surface area contributed by atoms with E-state index in [1.54, 1.807) is 12.3 Å². The van der Waals surface area contributed by atoms with Crippen molar-refractivity contribution in [1.82, 2.24) is 9.88 Å². The normalized spacial score (nSPS) is 13.9. The Kier molecular flexibility index (Phi) is 4.28. The number of aromatic nitrogens is 1. The van der Waals surface area contributed by atoms with Crippen molar-refractivity contribution in [3.63, 3.8) is 0 Å². The number of ether oxygens (including phenoxy) is 1. The molecule has 0 saturated carbocycles. The molecule has 1 aliphatic heterocycles. The van der Waals surface area contributed by atoms with Crippen molar-refractivity contribution in [2.24, 2.45) is 0 Å². The van der Waals surface area contributed by atoms with E-state index in [9.17, 15) is 4.79 Å². The lowest BCUT2D eigenvalue weighted by molar-refractivity contribution is -0.131. The molecule has 0 fully saturated rings. The van der Waals surface area contributed by atoms with Crippen LogP contribution in [0.15, 0.2) is 54.9 Å². The monoisotopic (exact) mass is 352 g/mol. The Morgan fingerprint density at radius 3 is 3.00 bits per heavy atom. The Morgan fingerprint density at radius 2 is 2.08 bits per heavy atom. The first kappa shape index (κ1) is 15.9. The van der Waals surface area contributed by atoms with E-state index in [-0.39, 0.29) is 5.91 Å².